The van der Waals surface area contributed by atoms with E-state index in [1.807, 2.05) is 20.9 Å². The van der Waals surface area contributed by atoms with Crippen molar-refractivity contribution >= 4 is 64.1 Å². The van der Waals surface area contributed by atoms with Crippen molar-refractivity contribution in [1.82, 2.24) is 24.7 Å². The number of likely N-dealkylation sites (tertiary alicyclic amines) is 1. The molecule has 3 aromatic heterocycles. The fourth-order valence-electron chi connectivity index (χ4n) is 6.02. The van der Waals surface area contributed by atoms with Crippen LogP contribution in [0.4, 0.5) is 13.2 Å². The molecule has 0 bridgehead atoms. The van der Waals surface area contributed by atoms with E-state index in [0.717, 1.165) is 6.07 Å². The molecule has 5 heterocycles. The number of fused-ring (bicyclic) bond motifs is 2. The molecule has 3 fully saturated rings. The van der Waals surface area contributed by atoms with Crippen LogP contribution in [-0.2, 0) is 22.3 Å². The van der Waals surface area contributed by atoms with Gasteiger partial charge in [0.15, 0.2) is 0 Å². The molecule has 2 saturated heterocycles. The number of hydrogen-bond acceptors (Lipinski definition) is 7. The minimum atomic E-state index is -4.70. The van der Waals surface area contributed by atoms with E-state index in [9.17, 15) is 27.6 Å². The Balaban J connectivity index is 0.00000202. The first-order chi connectivity index (χ1) is 18.8. The third kappa shape index (κ3) is 5.16. The zero-order chi connectivity index (χ0) is 28.7. The minimum Gasteiger partial charge on any atom is -0.336 e. The smallest absolute Gasteiger partial charge is 0.336 e. The van der Waals surface area contributed by atoms with E-state index in [-0.39, 0.29) is 83.2 Å². The van der Waals surface area contributed by atoms with Gasteiger partial charge in [-0.25, -0.2) is 4.98 Å². The van der Waals surface area contributed by atoms with Crippen LogP contribution in [0, 0.1) is 24.2 Å². The summed E-state index contributed by atoms with van der Waals surface area (Å²) in [4.78, 5) is 53.5. The highest BCUT2D eigenvalue weighted by molar-refractivity contribution is 7.19. The SMILES string of the molecule is Cc1cc(C(F)(F)F)nc(-c2ccnc3cc(CN4C(=O)C5C(C4=O)C5(C)C)sc23)c1C(=O)N1CCN(C)CC1.Cl.Cl. The van der Waals surface area contributed by atoms with Crippen molar-refractivity contribution in [2.75, 3.05) is 33.2 Å². The predicted molar refractivity (Wildman–Crippen MR) is 157 cm³/mol. The summed E-state index contributed by atoms with van der Waals surface area (Å²) in [7, 11) is 1.95. The van der Waals surface area contributed by atoms with Crippen LogP contribution in [0.2, 0.25) is 0 Å². The number of alkyl halides is 3. The number of hydrogen-bond donors (Lipinski definition) is 0. The lowest BCUT2D eigenvalue weighted by atomic mass is 9.99. The summed E-state index contributed by atoms with van der Waals surface area (Å²) < 4.78 is 42.1. The van der Waals surface area contributed by atoms with Gasteiger partial charge in [0.05, 0.1) is 39.9 Å². The Kier molecular flexibility index (Phi) is 8.44. The molecule has 1 aliphatic carbocycles. The number of rotatable bonds is 4. The third-order valence-electron chi connectivity index (χ3n) is 8.43. The highest BCUT2D eigenvalue weighted by Crippen LogP contribution is 2.63. The molecular formula is C28H30Cl2F3N5O3S. The molecule has 8 nitrogen and oxygen atoms in total. The summed E-state index contributed by atoms with van der Waals surface area (Å²) in [6.07, 6.45) is -3.23. The topological polar surface area (TPSA) is 86.7 Å². The molecule has 0 spiro atoms. The Morgan fingerprint density at radius 1 is 1.07 bits per heavy atom. The van der Waals surface area contributed by atoms with Gasteiger partial charge in [-0.15, -0.1) is 36.2 Å². The summed E-state index contributed by atoms with van der Waals surface area (Å²) >= 11 is 1.24. The van der Waals surface area contributed by atoms with Crippen LogP contribution < -0.4 is 0 Å². The van der Waals surface area contributed by atoms with Gasteiger partial charge in [0.25, 0.3) is 5.91 Å². The first-order valence-electron chi connectivity index (χ1n) is 13.1. The first kappa shape index (κ1) is 32.1. The highest BCUT2D eigenvalue weighted by atomic mass is 35.5. The second-order valence-electron chi connectivity index (χ2n) is 11.5. The average Bonchev–Trinajstić information content (AvgIpc) is 3.13. The molecule has 14 heteroatoms. The molecule has 3 aromatic rings. The number of piperazine rings is 1. The lowest BCUT2D eigenvalue weighted by Gasteiger charge is -2.33. The van der Waals surface area contributed by atoms with E-state index < -0.39 is 11.9 Å². The van der Waals surface area contributed by atoms with E-state index in [4.69, 9.17) is 0 Å². The number of aromatic nitrogens is 2. The van der Waals surface area contributed by atoms with Crippen molar-refractivity contribution in [3.05, 3.63) is 46.1 Å². The number of carbonyl (C=O) groups is 3. The Bertz CT molecular complexity index is 1560. The summed E-state index contributed by atoms with van der Waals surface area (Å²) in [5.74, 6) is -1.35. The third-order valence-corrected chi connectivity index (χ3v) is 9.58. The number of aryl methyl sites for hydroxylation is 1. The second kappa shape index (κ2) is 11.0. The van der Waals surface area contributed by atoms with E-state index in [1.165, 1.54) is 29.4 Å². The maximum Gasteiger partial charge on any atom is 0.433 e. The van der Waals surface area contributed by atoms with Gasteiger partial charge in [-0.05, 0) is 43.1 Å². The molecule has 0 aromatic carbocycles. The second-order valence-corrected chi connectivity index (χ2v) is 12.6. The van der Waals surface area contributed by atoms with Gasteiger partial charge in [0.2, 0.25) is 11.8 Å². The molecular weight excluding hydrogens is 614 g/mol. The van der Waals surface area contributed by atoms with Crippen LogP contribution in [0.1, 0.15) is 40.3 Å². The molecule has 3 amide bonds. The molecule has 2 unspecified atom stereocenters. The van der Waals surface area contributed by atoms with Crippen LogP contribution in [0.25, 0.3) is 21.5 Å². The highest BCUT2D eigenvalue weighted by Gasteiger charge is 2.72. The van der Waals surface area contributed by atoms with Crippen LogP contribution >= 0.6 is 36.2 Å². The van der Waals surface area contributed by atoms with Gasteiger partial charge in [0.1, 0.15) is 5.69 Å². The van der Waals surface area contributed by atoms with E-state index in [2.05, 4.69) is 14.9 Å². The van der Waals surface area contributed by atoms with E-state index >= 15 is 0 Å². The number of halogens is 5. The number of thiophene rings is 1. The quantitative estimate of drug-likeness (QED) is 0.370. The number of pyridine rings is 2. The van der Waals surface area contributed by atoms with Gasteiger partial charge in [-0.1, -0.05) is 13.8 Å². The number of likely N-dealkylation sites (N-methyl/N-ethyl adjacent to an activating group) is 1. The Labute approximate surface area is 257 Å². The van der Waals surface area contributed by atoms with Crippen molar-refractivity contribution in [2.45, 2.75) is 33.5 Å². The largest absolute Gasteiger partial charge is 0.433 e. The van der Waals surface area contributed by atoms with Crippen molar-refractivity contribution in [3.8, 4) is 11.3 Å². The maximum absolute atomic E-state index is 13.9. The van der Waals surface area contributed by atoms with Gasteiger partial charge in [0, 0.05) is 42.8 Å². The van der Waals surface area contributed by atoms with Gasteiger partial charge < -0.3 is 9.80 Å². The lowest BCUT2D eigenvalue weighted by Crippen LogP contribution is -2.47. The molecule has 6 rings (SSSR count). The monoisotopic (exact) mass is 643 g/mol. The lowest BCUT2D eigenvalue weighted by molar-refractivity contribution is -0.144. The number of piperidine rings is 1. The molecule has 2 atom stereocenters. The minimum absolute atomic E-state index is 0. The Morgan fingerprint density at radius 3 is 2.29 bits per heavy atom. The van der Waals surface area contributed by atoms with Gasteiger partial charge in [-0.2, -0.15) is 13.2 Å². The molecule has 3 aliphatic rings. The summed E-state index contributed by atoms with van der Waals surface area (Å²) in [5, 5.41) is 0. The normalized spacial score (nSPS) is 21.7. The van der Waals surface area contributed by atoms with Crippen LogP contribution in [0.5, 0.6) is 0 Å². The van der Waals surface area contributed by atoms with Gasteiger partial charge in [-0.3, -0.25) is 24.3 Å². The summed E-state index contributed by atoms with van der Waals surface area (Å²) in [6.45, 7) is 7.64. The van der Waals surface area contributed by atoms with Crippen molar-refractivity contribution < 1.29 is 27.6 Å². The molecule has 1 saturated carbocycles. The standard InChI is InChI=1S/C28H28F3N5O3S.2ClH/c1-14-11-18(28(29,30)31)33-22(19(14)24(37)35-9-7-34(4)8-10-35)16-5-6-32-17-12-15(40-23(16)17)13-36-25(38)20-21(26(36)39)27(20,2)3;;/h5-6,11-12,20-21H,7-10,13H2,1-4H3;2*1H. The number of imide groups is 1. The summed E-state index contributed by atoms with van der Waals surface area (Å²) in [6, 6.07) is 4.22. The molecule has 0 N–H and O–H groups in total. The molecule has 0 radical (unpaired) electrons. The van der Waals surface area contributed by atoms with E-state index in [0.29, 0.717) is 46.8 Å². The van der Waals surface area contributed by atoms with Crippen molar-refractivity contribution in [3.63, 3.8) is 0 Å². The predicted octanol–water partition coefficient (Wildman–Crippen LogP) is 5.06. The van der Waals surface area contributed by atoms with Crippen LogP contribution in [0.15, 0.2) is 24.4 Å². The number of amides is 3. The fraction of sp³-hybridized carbons (Fsp3) is 0.464. The fourth-order valence-corrected chi connectivity index (χ4v) is 7.14. The first-order valence-corrected chi connectivity index (χ1v) is 13.9. The maximum atomic E-state index is 13.9. The number of nitrogens with zero attached hydrogens (tertiary/aromatic N) is 5. The van der Waals surface area contributed by atoms with Gasteiger partial charge >= 0.3 is 6.18 Å². The number of carbonyl (C=O) groups excluding carboxylic acids is 3. The van der Waals surface area contributed by atoms with E-state index in [1.54, 1.807) is 17.0 Å². The summed E-state index contributed by atoms with van der Waals surface area (Å²) in [5.41, 5.74) is -0.266. The van der Waals surface area contributed by atoms with Crippen molar-refractivity contribution in [2.24, 2.45) is 17.3 Å². The Morgan fingerprint density at radius 2 is 1.69 bits per heavy atom. The average molecular weight is 645 g/mol. The molecule has 226 valence electrons. The zero-order valence-corrected chi connectivity index (χ0v) is 25.8. The zero-order valence-electron chi connectivity index (χ0n) is 23.3. The van der Waals surface area contributed by atoms with Crippen molar-refractivity contribution in [1.29, 1.82) is 0 Å². The molecule has 2 aliphatic heterocycles. The Hall–Kier alpha value is -2.80. The van der Waals surface area contributed by atoms with Crippen LogP contribution in [-0.4, -0.2) is 75.6 Å². The van der Waals surface area contributed by atoms with Crippen LogP contribution in [0.3, 0.4) is 0 Å². The molecule has 42 heavy (non-hydrogen) atoms.